The van der Waals surface area contributed by atoms with Gasteiger partial charge in [0.15, 0.2) is 0 Å². The molecule has 3 N–H and O–H groups in total. The first-order chi connectivity index (χ1) is 30.3. The summed E-state index contributed by atoms with van der Waals surface area (Å²) in [6.45, 7) is 9.05. The van der Waals surface area contributed by atoms with E-state index in [1.165, 1.54) is 55.5 Å². The molecule has 4 nitrogen and oxygen atoms in total. The molecule has 8 aromatic carbocycles. The minimum atomic E-state index is -0.419. The van der Waals surface area contributed by atoms with Gasteiger partial charge < -0.3 is 11.1 Å². The van der Waals surface area contributed by atoms with Crippen LogP contribution in [-0.2, 0) is 10.8 Å². The molecule has 0 amide bonds. The first kappa shape index (κ1) is 42.4. The van der Waals surface area contributed by atoms with Gasteiger partial charge in [0.25, 0.3) is 0 Å². The molecule has 0 spiro atoms. The van der Waals surface area contributed by atoms with Gasteiger partial charge in [0.1, 0.15) is 11.6 Å². The second kappa shape index (κ2) is 17.2. The lowest BCUT2D eigenvalue weighted by molar-refractivity contribution is 0.632. The third kappa shape index (κ3) is 8.12. The van der Waals surface area contributed by atoms with Gasteiger partial charge in [0.05, 0.1) is 34.6 Å². The van der Waals surface area contributed by atoms with Gasteiger partial charge in [-0.05, 0) is 116 Å². The van der Waals surface area contributed by atoms with Gasteiger partial charge >= 0.3 is 0 Å². The minimum Gasteiger partial charge on any atom is -0.396 e. The summed E-state index contributed by atoms with van der Waals surface area (Å²) in [5.41, 5.74) is 22.1. The second-order valence-electron chi connectivity index (χ2n) is 16.7. The Morgan fingerprint density at radius 2 is 0.921 bits per heavy atom. The topological polar surface area (TPSA) is 85.6 Å². The van der Waals surface area contributed by atoms with Crippen molar-refractivity contribution in [3.63, 3.8) is 0 Å². The Hall–Kier alpha value is -7.32. The molecule has 308 valence electrons. The van der Waals surface area contributed by atoms with E-state index in [1.54, 1.807) is 42.5 Å². The van der Waals surface area contributed by atoms with Crippen LogP contribution >= 0.6 is 15.9 Å². The first-order valence-corrected chi connectivity index (χ1v) is 21.4. The van der Waals surface area contributed by atoms with Crippen LogP contribution in [-0.4, -0.2) is 0 Å². The largest absolute Gasteiger partial charge is 0.396 e. The van der Waals surface area contributed by atoms with Crippen LogP contribution in [0.25, 0.3) is 44.5 Å². The lowest BCUT2D eigenvalue weighted by Gasteiger charge is -2.21. The van der Waals surface area contributed by atoms with Crippen molar-refractivity contribution in [3.05, 3.63) is 219 Å². The monoisotopic (exact) mass is 888 g/mol. The molecule has 0 saturated carbocycles. The van der Waals surface area contributed by atoms with Gasteiger partial charge in [0, 0.05) is 32.1 Å². The number of benzene rings is 8. The molecule has 63 heavy (non-hydrogen) atoms. The SMILES string of the molecule is CC1(C)c2ccccc2-c2c(Br)cccc21.CC1(C)c2ccccc2-c2c(Nc3cc(-c4ccc(C#N)cc4)ccc3F)cccc21.N#Cc1ccc(-c2ccc(F)c(N)c2)cc1. The average Bonchev–Trinajstić information content (AvgIpc) is 3.69. The summed E-state index contributed by atoms with van der Waals surface area (Å²) in [6, 6.07) is 58.0. The summed E-state index contributed by atoms with van der Waals surface area (Å²) in [4.78, 5) is 0. The van der Waals surface area contributed by atoms with E-state index in [9.17, 15) is 8.78 Å². The molecular weight excluding hydrogens is 847 g/mol. The zero-order valence-electron chi connectivity index (χ0n) is 35.3. The summed E-state index contributed by atoms with van der Waals surface area (Å²) in [5.74, 6) is -0.724. The van der Waals surface area contributed by atoms with Crippen molar-refractivity contribution in [2.24, 2.45) is 0 Å². The fourth-order valence-electron chi connectivity index (χ4n) is 8.71. The third-order valence-corrected chi connectivity index (χ3v) is 12.8. The minimum absolute atomic E-state index is 0.105. The van der Waals surface area contributed by atoms with E-state index in [1.807, 2.05) is 54.6 Å². The Bertz CT molecular complexity index is 3100. The number of hydrogen-bond acceptors (Lipinski definition) is 4. The predicted octanol–water partition coefficient (Wildman–Crippen LogP) is 15.1. The zero-order valence-corrected chi connectivity index (χ0v) is 36.9. The normalized spacial score (nSPS) is 13.0. The number of nitrogens with two attached hydrogens (primary N) is 1. The van der Waals surface area contributed by atoms with E-state index >= 15 is 0 Å². The number of fused-ring (bicyclic) bond motifs is 6. The summed E-state index contributed by atoms with van der Waals surface area (Å²) in [6.07, 6.45) is 0. The van der Waals surface area contributed by atoms with Gasteiger partial charge in [0.2, 0.25) is 0 Å². The van der Waals surface area contributed by atoms with Crippen LogP contribution in [0, 0.1) is 34.3 Å². The maximum atomic E-state index is 14.8. The summed E-state index contributed by atoms with van der Waals surface area (Å²) in [7, 11) is 0. The number of nitrogens with one attached hydrogen (secondary N) is 1. The van der Waals surface area contributed by atoms with Gasteiger partial charge in [-0.25, -0.2) is 8.78 Å². The van der Waals surface area contributed by atoms with E-state index in [2.05, 4.69) is 122 Å². The lowest BCUT2D eigenvalue weighted by atomic mass is 9.82. The van der Waals surface area contributed by atoms with Crippen LogP contribution in [0.2, 0.25) is 0 Å². The Balaban J connectivity index is 0.000000143. The van der Waals surface area contributed by atoms with E-state index in [0.29, 0.717) is 16.8 Å². The average molecular weight is 890 g/mol. The maximum Gasteiger partial charge on any atom is 0.146 e. The number of anilines is 3. The Morgan fingerprint density at radius 1 is 0.476 bits per heavy atom. The van der Waals surface area contributed by atoms with E-state index < -0.39 is 5.82 Å². The Labute approximate surface area is 376 Å². The molecule has 0 aliphatic heterocycles. The molecule has 0 aromatic heterocycles. The number of rotatable bonds is 4. The quantitative estimate of drug-likeness (QED) is 0.172. The van der Waals surface area contributed by atoms with Crippen molar-refractivity contribution in [2.75, 3.05) is 11.1 Å². The molecule has 0 atom stereocenters. The van der Waals surface area contributed by atoms with Crippen LogP contribution in [0.5, 0.6) is 0 Å². The van der Waals surface area contributed by atoms with Crippen molar-refractivity contribution < 1.29 is 8.78 Å². The smallest absolute Gasteiger partial charge is 0.146 e. The molecular formula is C56H43BrF2N4. The first-order valence-electron chi connectivity index (χ1n) is 20.6. The molecule has 0 fully saturated rings. The number of nitriles is 2. The van der Waals surface area contributed by atoms with Crippen LogP contribution < -0.4 is 11.1 Å². The number of nitrogen functional groups attached to an aromatic ring is 1. The van der Waals surface area contributed by atoms with Crippen LogP contribution in [0.15, 0.2) is 174 Å². The third-order valence-electron chi connectivity index (χ3n) is 12.1. The predicted molar refractivity (Wildman–Crippen MR) is 257 cm³/mol. The lowest BCUT2D eigenvalue weighted by Crippen LogP contribution is -2.14. The highest BCUT2D eigenvalue weighted by Gasteiger charge is 2.37. The molecule has 2 aliphatic rings. The molecule has 0 bridgehead atoms. The Kier molecular flexibility index (Phi) is 11.6. The van der Waals surface area contributed by atoms with Crippen LogP contribution in [0.3, 0.4) is 0 Å². The molecule has 0 unspecified atom stereocenters. The van der Waals surface area contributed by atoms with Crippen molar-refractivity contribution in [3.8, 4) is 56.6 Å². The van der Waals surface area contributed by atoms with E-state index in [0.717, 1.165) is 33.5 Å². The van der Waals surface area contributed by atoms with Crippen molar-refractivity contribution >= 4 is 33.0 Å². The standard InChI is InChI=1S/C28H21FN2.C15H13Br.C13H9FN2/c1-28(2)22-7-4-3-6-21(22)27-23(28)8-5-9-25(27)31-26-16-20(14-15-24(26)29)19-12-10-18(17-30)11-13-19;1-15(2)11-7-4-3-6-10(11)14-12(15)8-5-9-13(14)16;14-12-6-5-11(7-13(12)16)10-3-1-9(8-15)2-4-10/h3-16,31H,1-2H3;3-9H,1-2H3;1-7H,16H2. The summed E-state index contributed by atoms with van der Waals surface area (Å²) < 4.78 is 28.9. The fourth-order valence-corrected chi connectivity index (χ4v) is 9.29. The highest BCUT2D eigenvalue weighted by Crippen LogP contribution is 2.52. The number of hydrogen-bond donors (Lipinski definition) is 2. The maximum absolute atomic E-state index is 14.8. The van der Waals surface area contributed by atoms with Gasteiger partial charge in [-0.2, -0.15) is 10.5 Å². The van der Waals surface area contributed by atoms with Gasteiger partial charge in [-0.1, -0.05) is 153 Å². The number of halogens is 3. The number of nitrogens with zero attached hydrogens (tertiary/aromatic N) is 2. The van der Waals surface area contributed by atoms with E-state index in [-0.39, 0.29) is 22.3 Å². The van der Waals surface area contributed by atoms with E-state index in [4.69, 9.17) is 16.3 Å². The highest BCUT2D eigenvalue weighted by molar-refractivity contribution is 9.10. The summed E-state index contributed by atoms with van der Waals surface area (Å²) >= 11 is 3.67. The second-order valence-corrected chi connectivity index (χ2v) is 17.5. The molecule has 0 heterocycles. The molecule has 2 aliphatic carbocycles. The molecule has 0 saturated heterocycles. The van der Waals surface area contributed by atoms with Crippen molar-refractivity contribution in [1.82, 2.24) is 0 Å². The zero-order chi connectivity index (χ0) is 44.5. The Morgan fingerprint density at radius 3 is 1.46 bits per heavy atom. The van der Waals surface area contributed by atoms with Gasteiger partial charge in [-0.15, -0.1) is 0 Å². The van der Waals surface area contributed by atoms with Crippen LogP contribution in [0.4, 0.5) is 25.8 Å². The molecule has 10 rings (SSSR count). The van der Waals surface area contributed by atoms with Crippen molar-refractivity contribution in [2.45, 2.75) is 38.5 Å². The fraction of sp³-hybridized carbons (Fsp3) is 0.107. The highest BCUT2D eigenvalue weighted by atomic mass is 79.9. The molecule has 0 radical (unpaired) electrons. The molecule has 8 aromatic rings. The summed E-state index contributed by atoms with van der Waals surface area (Å²) in [5, 5.41) is 21.0. The van der Waals surface area contributed by atoms with Crippen molar-refractivity contribution in [1.29, 1.82) is 10.5 Å². The van der Waals surface area contributed by atoms with Gasteiger partial charge in [-0.3, -0.25) is 0 Å². The van der Waals surface area contributed by atoms with Crippen LogP contribution in [0.1, 0.15) is 61.1 Å². The molecule has 7 heteroatoms.